The standard InChI is InChI=1S/C14H16N2O3.C2H6/c1-6-7(2)13(18)12-10(11(6)15-4)14(19)9(5-16-12)8(3)17;1-2/h5,15,18H,1-4H3,(H,16,19);1-2H3. The van der Waals surface area contributed by atoms with Crippen LogP contribution in [0.2, 0.25) is 0 Å². The number of H-pyrrole nitrogens is 1. The van der Waals surface area contributed by atoms with E-state index in [-0.39, 0.29) is 22.5 Å². The summed E-state index contributed by atoms with van der Waals surface area (Å²) >= 11 is 0. The van der Waals surface area contributed by atoms with Gasteiger partial charge in [-0.2, -0.15) is 0 Å². The number of carbonyl (C=O) groups is 1. The molecule has 0 atom stereocenters. The highest BCUT2D eigenvalue weighted by Gasteiger charge is 2.18. The van der Waals surface area contributed by atoms with E-state index in [4.69, 9.17) is 0 Å². The quantitative estimate of drug-likeness (QED) is 0.586. The normalized spacial score (nSPS) is 10.0. The molecule has 0 aliphatic rings. The molecule has 0 radical (unpaired) electrons. The van der Waals surface area contributed by atoms with E-state index in [2.05, 4.69) is 10.3 Å². The van der Waals surface area contributed by atoms with Crippen LogP contribution < -0.4 is 10.7 Å². The van der Waals surface area contributed by atoms with Gasteiger partial charge in [-0.1, -0.05) is 13.8 Å². The summed E-state index contributed by atoms with van der Waals surface area (Å²) in [6, 6.07) is 0. The zero-order valence-corrected chi connectivity index (χ0v) is 13.3. The fourth-order valence-corrected chi connectivity index (χ4v) is 2.27. The fraction of sp³-hybridized carbons (Fsp3) is 0.375. The molecule has 0 spiro atoms. The van der Waals surface area contributed by atoms with Crippen LogP contribution in [0.3, 0.4) is 0 Å². The second-order valence-corrected chi connectivity index (χ2v) is 4.56. The minimum atomic E-state index is -0.371. The number of aromatic hydroxyl groups is 1. The molecule has 0 fully saturated rings. The third kappa shape index (κ3) is 2.63. The summed E-state index contributed by atoms with van der Waals surface area (Å²) in [5.74, 6) is -0.262. The van der Waals surface area contributed by atoms with Crippen LogP contribution in [0.25, 0.3) is 10.9 Å². The highest BCUT2D eigenvalue weighted by atomic mass is 16.3. The molecule has 0 amide bonds. The van der Waals surface area contributed by atoms with Gasteiger partial charge in [0.15, 0.2) is 5.78 Å². The highest BCUT2D eigenvalue weighted by Crippen LogP contribution is 2.34. The number of ketones is 1. The summed E-state index contributed by atoms with van der Waals surface area (Å²) in [5.41, 5.74) is 2.19. The molecule has 0 aliphatic heterocycles. The lowest BCUT2D eigenvalue weighted by molar-refractivity contribution is 0.101. The maximum Gasteiger partial charge on any atom is 0.202 e. The van der Waals surface area contributed by atoms with E-state index >= 15 is 0 Å². The molecule has 0 unspecified atom stereocenters. The van der Waals surface area contributed by atoms with Crippen LogP contribution in [0.1, 0.15) is 42.3 Å². The fourth-order valence-electron chi connectivity index (χ4n) is 2.27. The SMILES string of the molecule is CC.CNc1c(C)c(C)c(O)c2[nH]cc(C(C)=O)c(=O)c12. The first kappa shape index (κ1) is 16.8. The first-order valence-electron chi connectivity index (χ1n) is 6.96. The third-order valence-corrected chi connectivity index (χ3v) is 3.49. The Morgan fingerprint density at radius 1 is 1.24 bits per heavy atom. The molecule has 1 aromatic heterocycles. The summed E-state index contributed by atoms with van der Waals surface area (Å²) in [5, 5.41) is 13.4. The number of phenolic OH excluding ortho intramolecular Hbond substituents is 1. The van der Waals surface area contributed by atoms with Crippen LogP contribution in [0.5, 0.6) is 5.75 Å². The highest BCUT2D eigenvalue weighted by molar-refractivity contribution is 6.03. The first-order valence-corrected chi connectivity index (χ1v) is 6.96. The first-order chi connectivity index (χ1) is 9.90. The molecule has 5 nitrogen and oxygen atoms in total. The molecule has 1 aromatic carbocycles. The van der Waals surface area contributed by atoms with E-state index in [9.17, 15) is 14.7 Å². The average molecular weight is 290 g/mol. The molecule has 2 aromatic rings. The molecular weight excluding hydrogens is 268 g/mol. The largest absolute Gasteiger partial charge is 0.505 e. The van der Waals surface area contributed by atoms with Crippen molar-refractivity contribution in [1.29, 1.82) is 0 Å². The Kier molecular flexibility index (Phi) is 5.13. The smallest absolute Gasteiger partial charge is 0.202 e. The predicted molar refractivity (Wildman–Crippen MR) is 86.6 cm³/mol. The molecule has 0 aliphatic carbocycles. The number of aromatic amines is 1. The van der Waals surface area contributed by atoms with Gasteiger partial charge in [-0.15, -0.1) is 0 Å². The van der Waals surface area contributed by atoms with Crippen LogP contribution in [0.4, 0.5) is 5.69 Å². The zero-order valence-electron chi connectivity index (χ0n) is 13.3. The predicted octanol–water partition coefficient (Wildman–Crippen LogP) is 3.12. The average Bonchev–Trinajstić information content (AvgIpc) is 2.48. The topological polar surface area (TPSA) is 82.2 Å². The number of aromatic nitrogens is 1. The Labute approximate surface area is 124 Å². The van der Waals surface area contributed by atoms with Gasteiger partial charge in [0.25, 0.3) is 0 Å². The summed E-state index contributed by atoms with van der Waals surface area (Å²) in [6.45, 7) is 8.94. The molecule has 0 bridgehead atoms. The summed E-state index contributed by atoms with van der Waals surface area (Å²) < 4.78 is 0. The number of Topliss-reactive ketones (excluding diaryl/α,β-unsaturated/α-hetero) is 1. The van der Waals surface area contributed by atoms with E-state index in [1.54, 1.807) is 14.0 Å². The van der Waals surface area contributed by atoms with Crippen molar-refractivity contribution < 1.29 is 9.90 Å². The number of nitrogens with one attached hydrogen (secondary N) is 2. The zero-order chi connectivity index (χ0) is 16.3. The lowest BCUT2D eigenvalue weighted by atomic mass is 9.99. The van der Waals surface area contributed by atoms with Gasteiger partial charge in [0, 0.05) is 13.2 Å². The summed E-state index contributed by atoms with van der Waals surface area (Å²) in [6.07, 6.45) is 1.35. The van der Waals surface area contributed by atoms with E-state index in [1.165, 1.54) is 13.1 Å². The number of fused-ring (bicyclic) bond motifs is 1. The van der Waals surface area contributed by atoms with Crippen molar-refractivity contribution in [2.45, 2.75) is 34.6 Å². The number of hydrogen-bond acceptors (Lipinski definition) is 4. The van der Waals surface area contributed by atoms with Gasteiger partial charge in [-0.05, 0) is 31.9 Å². The molecule has 0 saturated heterocycles. The van der Waals surface area contributed by atoms with Gasteiger partial charge >= 0.3 is 0 Å². The van der Waals surface area contributed by atoms with Crippen molar-refractivity contribution in [3.8, 4) is 5.75 Å². The van der Waals surface area contributed by atoms with Crippen molar-refractivity contribution in [1.82, 2.24) is 4.98 Å². The lowest BCUT2D eigenvalue weighted by Gasteiger charge is -2.14. The molecule has 5 heteroatoms. The number of carbonyl (C=O) groups excluding carboxylic acids is 1. The summed E-state index contributed by atoms with van der Waals surface area (Å²) in [4.78, 5) is 26.7. The monoisotopic (exact) mass is 290 g/mol. The summed E-state index contributed by atoms with van der Waals surface area (Å²) in [7, 11) is 1.71. The molecule has 2 rings (SSSR count). The van der Waals surface area contributed by atoms with E-state index < -0.39 is 0 Å². The van der Waals surface area contributed by atoms with E-state index in [0.717, 1.165) is 5.56 Å². The van der Waals surface area contributed by atoms with Gasteiger partial charge in [0.05, 0.1) is 22.2 Å². The van der Waals surface area contributed by atoms with Crippen LogP contribution >= 0.6 is 0 Å². The Bertz CT molecular complexity index is 745. The Morgan fingerprint density at radius 2 is 1.81 bits per heavy atom. The van der Waals surface area contributed by atoms with Gasteiger partial charge < -0.3 is 15.4 Å². The molecule has 0 saturated carbocycles. The number of phenols is 1. The van der Waals surface area contributed by atoms with Crippen LogP contribution in [0.15, 0.2) is 11.0 Å². The van der Waals surface area contributed by atoms with Gasteiger partial charge in [0.2, 0.25) is 5.43 Å². The van der Waals surface area contributed by atoms with Crippen LogP contribution in [-0.4, -0.2) is 22.9 Å². The minimum absolute atomic E-state index is 0.0405. The number of anilines is 1. The molecule has 1 heterocycles. The Balaban J connectivity index is 0.00000106. The van der Waals surface area contributed by atoms with E-state index in [0.29, 0.717) is 22.2 Å². The molecule has 114 valence electrons. The van der Waals surface area contributed by atoms with Gasteiger partial charge in [-0.25, -0.2) is 0 Å². The minimum Gasteiger partial charge on any atom is -0.505 e. The second-order valence-electron chi connectivity index (χ2n) is 4.56. The Hall–Kier alpha value is -2.30. The van der Waals surface area contributed by atoms with Crippen molar-refractivity contribution in [3.05, 3.63) is 33.1 Å². The van der Waals surface area contributed by atoms with E-state index in [1.807, 2.05) is 20.8 Å². The number of hydrogen-bond donors (Lipinski definition) is 3. The second kappa shape index (κ2) is 6.43. The molecule has 21 heavy (non-hydrogen) atoms. The number of benzene rings is 1. The van der Waals surface area contributed by atoms with Gasteiger partial charge in [-0.3, -0.25) is 9.59 Å². The molecule has 3 N–H and O–H groups in total. The van der Waals surface area contributed by atoms with Crippen LogP contribution in [0, 0.1) is 13.8 Å². The third-order valence-electron chi connectivity index (χ3n) is 3.49. The maximum absolute atomic E-state index is 12.4. The maximum atomic E-state index is 12.4. The molecular formula is C16H22N2O3. The number of pyridine rings is 1. The lowest BCUT2D eigenvalue weighted by Crippen LogP contribution is -2.16. The Morgan fingerprint density at radius 3 is 2.29 bits per heavy atom. The van der Waals surface area contributed by atoms with Crippen molar-refractivity contribution in [2.75, 3.05) is 12.4 Å². The van der Waals surface area contributed by atoms with Gasteiger partial charge in [0.1, 0.15) is 5.75 Å². The number of rotatable bonds is 2. The van der Waals surface area contributed by atoms with Crippen molar-refractivity contribution >= 4 is 22.4 Å². The van der Waals surface area contributed by atoms with Crippen LogP contribution in [-0.2, 0) is 0 Å². The van der Waals surface area contributed by atoms with Crippen molar-refractivity contribution in [3.63, 3.8) is 0 Å². The van der Waals surface area contributed by atoms with Crippen molar-refractivity contribution in [2.24, 2.45) is 0 Å².